The Hall–Kier alpha value is -1.71. The van der Waals surface area contributed by atoms with Crippen LogP contribution in [0.15, 0.2) is 24.3 Å². The molecule has 0 aliphatic rings. The van der Waals surface area contributed by atoms with Gasteiger partial charge in [0, 0.05) is 18.6 Å². The van der Waals surface area contributed by atoms with E-state index in [4.69, 9.17) is 0 Å². The Balaban J connectivity index is 2.56. The molecule has 1 atom stereocenters. The molecule has 1 unspecified atom stereocenters. The topological polar surface area (TPSA) is 60.2 Å². The van der Waals surface area contributed by atoms with Gasteiger partial charge in [-0.2, -0.15) is 0 Å². The van der Waals surface area contributed by atoms with E-state index < -0.39 is 4.92 Å². The standard InChI is InChI=1S/C16H23NO3/c1-2-3-4-5-6-7-14(12-13-18)15-8-10-16(11-9-15)17(19)20/h8-11,13-14H,2-7,12H2,1H3. The third-order valence-corrected chi connectivity index (χ3v) is 3.61. The number of nitro groups is 1. The fourth-order valence-corrected chi connectivity index (χ4v) is 2.40. The highest BCUT2D eigenvalue weighted by atomic mass is 16.6. The number of carbonyl (C=O) groups is 1. The highest BCUT2D eigenvalue weighted by Gasteiger charge is 2.12. The lowest BCUT2D eigenvalue weighted by Gasteiger charge is -2.14. The van der Waals surface area contributed by atoms with Crippen molar-refractivity contribution in [3.63, 3.8) is 0 Å². The SMILES string of the molecule is CCCCCCCC(CC=O)c1ccc([N+](=O)[O-])cc1. The lowest BCUT2D eigenvalue weighted by atomic mass is 9.90. The molecule has 0 spiro atoms. The van der Waals surface area contributed by atoms with E-state index in [9.17, 15) is 14.9 Å². The summed E-state index contributed by atoms with van der Waals surface area (Å²) in [4.78, 5) is 21.0. The van der Waals surface area contributed by atoms with Gasteiger partial charge in [-0.05, 0) is 17.9 Å². The summed E-state index contributed by atoms with van der Waals surface area (Å²) in [5, 5.41) is 10.6. The molecular weight excluding hydrogens is 254 g/mol. The van der Waals surface area contributed by atoms with E-state index in [0.717, 1.165) is 24.7 Å². The van der Waals surface area contributed by atoms with Gasteiger partial charge in [0.15, 0.2) is 0 Å². The lowest BCUT2D eigenvalue weighted by molar-refractivity contribution is -0.384. The van der Waals surface area contributed by atoms with Crippen molar-refractivity contribution in [3.05, 3.63) is 39.9 Å². The zero-order chi connectivity index (χ0) is 14.8. The summed E-state index contributed by atoms with van der Waals surface area (Å²) < 4.78 is 0. The summed E-state index contributed by atoms with van der Waals surface area (Å²) in [5.41, 5.74) is 1.12. The van der Waals surface area contributed by atoms with Crippen molar-refractivity contribution in [2.75, 3.05) is 0 Å². The molecule has 4 nitrogen and oxygen atoms in total. The van der Waals surface area contributed by atoms with Crippen molar-refractivity contribution in [3.8, 4) is 0 Å². The van der Waals surface area contributed by atoms with Crippen LogP contribution in [0, 0.1) is 10.1 Å². The van der Waals surface area contributed by atoms with Crippen molar-refractivity contribution < 1.29 is 9.72 Å². The van der Waals surface area contributed by atoms with E-state index in [2.05, 4.69) is 6.92 Å². The zero-order valence-electron chi connectivity index (χ0n) is 12.1. The molecule has 1 aromatic carbocycles. The van der Waals surface area contributed by atoms with Crippen molar-refractivity contribution in [2.45, 2.75) is 57.8 Å². The molecule has 0 saturated heterocycles. The van der Waals surface area contributed by atoms with Gasteiger partial charge in [-0.25, -0.2) is 0 Å². The molecule has 0 radical (unpaired) electrons. The fraction of sp³-hybridized carbons (Fsp3) is 0.562. The maximum absolute atomic E-state index is 10.8. The zero-order valence-corrected chi connectivity index (χ0v) is 12.1. The minimum absolute atomic E-state index is 0.0987. The Morgan fingerprint density at radius 2 is 1.80 bits per heavy atom. The average Bonchev–Trinajstić information content (AvgIpc) is 2.46. The van der Waals surface area contributed by atoms with E-state index in [0.29, 0.717) is 6.42 Å². The van der Waals surface area contributed by atoms with Crippen molar-refractivity contribution in [1.29, 1.82) is 0 Å². The van der Waals surface area contributed by atoms with Gasteiger partial charge in [-0.1, -0.05) is 51.2 Å². The van der Waals surface area contributed by atoms with E-state index in [1.165, 1.54) is 37.8 Å². The summed E-state index contributed by atoms with van der Waals surface area (Å²) in [6.07, 6.45) is 8.43. The van der Waals surface area contributed by atoms with Gasteiger partial charge in [-0.15, -0.1) is 0 Å². The highest BCUT2D eigenvalue weighted by molar-refractivity contribution is 5.52. The quantitative estimate of drug-likeness (QED) is 0.271. The Morgan fingerprint density at radius 3 is 2.35 bits per heavy atom. The van der Waals surface area contributed by atoms with Crippen LogP contribution in [0.5, 0.6) is 0 Å². The Bertz CT molecular complexity index is 414. The molecule has 0 heterocycles. The number of unbranched alkanes of at least 4 members (excludes halogenated alkanes) is 4. The molecule has 110 valence electrons. The van der Waals surface area contributed by atoms with E-state index in [-0.39, 0.29) is 11.6 Å². The van der Waals surface area contributed by atoms with Crippen molar-refractivity contribution >= 4 is 12.0 Å². The number of aldehydes is 1. The van der Waals surface area contributed by atoms with E-state index >= 15 is 0 Å². The normalized spacial score (nSPS) is 12.1. The average molecular weight is 277 g/mol. The Labute approximate surface area is 120 Å². The third-order valence-electron chi connectivity index (χ3n) is 3.61. The summed E-state index contributed by atoms with van der Waals surface area (Å²) in [6, 6.07) is 6.59. The molecule has 4 heteroatoms. The second-order valence-electron chi connectivity index (χ2n) is 5.15. The number of non-ortho nitro benzene ring substituents is 1. The smallest absolute Gasteiger partial charge is 0.269 e. The summed E-state index contributed by atoms with van der Waals surface area (Å²) in [7, 11) is 0. The Morgan fingerprint density at radius 1 is 1.15 bits per heavy atom. The predicted octanol–water partition coefficient (Wildman–Crippen LogP) is 4.63. The van der Waals surface area contributed by atoms with E-state index in [1.807, 2.05) is 0 Å². The number of rotatable bonds is 10. The van der Waals surface area contributed by atoms with Gasteiger partial charge < -0.3 is 4.79 Å². The molecule has 1 rings (SSSR count). The molecule has 0 N–H and O–H groups in total. The minimum atomic E-state index is -0.400. The first-order valence-electron chi connectivity index (χ1n) is 7.37. The number of hydrogen-bond donors (Lipinski definition) is 0. The highest BCUT2D eigenvalue weighted by Crippen LogP contribution is 2.27. The number of nitro benzene ring substituents is 1. The summed E-state index contributed by atoms with van der Waals surface area (Å²) in [5.74, 6) is 0.190. The molecule has 0 bridgehead atoms. The predicted molar refractivity (Wildman–Crippen MR) is 79.9 cm³/mol. The van der Waals surface area contributed by atoms with Gasteiger partial charge >= 0.3 is 0 Å². The Kier molecular flexibility index (Phi) is 7.55. The van der Waals surface area contributed by atoms with Gasteiger partial charge in [0.2, 0.25) is 0 Å². The van der Waals surface area contributed by atoms with Gasteiger partial charge in [0.1, 0.15) is 6.29 Å². The van der Waals surface area contributed by atoms with Crippen LogP contribution >= 0.6 is 0 Å². The summed E-state index contributed by atoms with van der Waals surface area (Å²) >= 11 is 0. The monoisotopic (exact) mass is 277 g/mol. The maximum Gasteiger partial charge on any atom is 0.269 e. The fourth-order valence-electron chi connectivity index (χ4n) is 2.40. The third kappa shape index (κ3) is 5.51. The molecule has 0 fully saturated rings. The number of nitrogens with zero attached hydrogens (tertiary/aromatic N) is 1. The van der Waals surface area contributed by atoms with Crippen LogP contribution in [0.1, 0.15) is 63.4 Å². The largest absolute Gasteiger partial charge is 0.303 e. The summed E-state index contributed by atoms with van der Waals surface area (Å²) in [6.45, 7) is 2.19. The first-order chi connectivity index (χ1) is 9.69. The van der Waals surface area contributed by atoms with Crippen molar-refractivity contribution in [1.82, 2.24) is 0 Å². The number of hydrogen-bond acceptors (Lipinski definition) is 3. The molecule has 0 aliphatic heterocycles. The second-order valence-corrected chi connectivity index (χ2v) is 5.15. The van der Waals surface area contributed by atoms with E-state index in [1.54, 1.807) is 12.1 Å². The lowest BCUT2D eigenvalue weighted by Crippen LogP contribution is -2.00. The van der Waals surface area contributed by atoms with Crippen LogP contribution in [-0.4, -0.2) is 11.2 Å². The second kappa shape index (κ2) is 9.23. The van der Waals surface area contributed by atoms with Crippen LogP contribution in [-0.2, 0) is 4.79 Å². The molecule has 1 aromatic rings. The minimum Gasteiger partial charge on any atom is -0.303 e. The maximum atomic E-state index is 10.8. The van der Waals surface area contributed by atoms with Gasteiger partial charge in [-0.3, -0.25) is 10.1 Å². The van der Waals surface area contributed by atoms with Gasteiger partial charge in [0.05, 0.1) is 4.92 Å². The first kappa shape index (κ1) is 16.3. The molecular formula is C16H23NO3. The van der Waals surface area contributed by atoms with Crippen LogP contribution in [0.2, 0.25) is 0 Å². The molecule has 0 aliphatic carbocycles. The number of carbonyl (C=O) groups excluding carboxylic acids is 1. The van der Waals surface area contributed by atoms with Crippen LogP contribution in [0.3, 0.4) is 0 Å². The van der Waals surface area contributed by atoms with Crippen LogP contribution in [0.4, 0.5) is 5.69 Å². The molecule has 0 saturated carbocycles. The van der Waals surface area contributed by atoms with Gasteiger partial charge in [0.25, 0.3) is 5.69 Å². The van der Waals surface area contributed by atoms with Crippen LogP contribution in [0.25, 0.3) is 0 Å². The van der Waals surface area contributed by atoms with Crippen LogP contribution < -0.4 is 0 Å². The number of benzene rings is 1. The first-order valence-corrected chi connectivity index (χ1v) is 7.37. The molecule has 20 heavy (non-hydrogen) atoms. The van der Waals surface area contributed by atoms with Crippen molar-refractivity contribution in [2.24, 2.45) is 0 Å². The molecule has 0 aromatic heterocycles. The molecule has 0 amide bonds.